The van der Waals surface area contributed by atoms with Gasteiger partial charge in [-0.25, -0.2) is 8.42 Å². The van der Waals surface area contributed by atoms with Crippen molar-refractivity contribution in [3.8, 4) is 0 Å². The van der Waals surface area contributed by atoms with Gasteiger partial charge in [-0.1, -0.05) is 77.6 Å². The summed E-state index contributed by atoms with van der Waals surface area (Å²) in [4.78, 5) is 0. The minimum Gasteiger partial charge on any atom is -0.726 e. The van der Waals surface area contributed by atoms with Gasteiger partial charge in [-0.3, -0.25) is 4.18 Å². The van der Waals surface area contributed by atoms with Crippen molar-refractivity contribution in [2.24, 2.45) is 0 Å². The van der Waals surface area contributed by atoms with Gasteiger partial charge in [-0.15, -0.1) is 0 Å². The number of unbranched alkanes of at least 4 members (excludes halogenated alkanes) is 11. The van der Waals surface area contributed by atoms with Gasteiger partial charge in [0.1, 0.15) is 0 Å². The van der Waals surface area contributed by atoms with Gasteiger partial charge >= 0.3 is 29.6 Å². The van der Waals surface area contributed by atoms with Crippen LogP contribution in [0.2, 0.25) is 0 Å². The Hall–Kier alpha value is 0.750. The maximum absolute atomic E-state index is 10.5. The van der Waals surface area contributed by atoms with E-state index >= 15 is 0 Å². The summed E-state index contributed by atoms with van der Waals surface area (Å²) in [6.07, 6.45) is 14.9. The number of rotatable bonds is 23. The molecular weight excluding hydrogens is 443 g/mol. The third kappa shape index (κ3) is 27.0. The minimum absolute atomic E-state index is 0. The van der Waals surface area contributed by atoms with Crippen LogP contribution in [0.15, 0.2) is 0 Å². The molecule has 0 aliphatic carbocycles. The molecule has 3 atom stereocenters. The summed E-state index contributed by atoms with van der Waals surface area (Å²) in [5.41, 5.74) is 0. The van der Waals surface area contributed by atoms with E-state index in [2.05, 4.69) is 11.1 Å². The van der Waals surface area contributed by atoms with Crippen molar-refractivity contribution in [2.45, 2.75) is 123 Å². The molecule has 188 valence electrons. The molecule has 0 aliphatic heterocycles. The monoisotopic (exact) mass is 490 g/mol. The zero-order valence-electron chi connectivity index (χ0n) is 21.3. The quantitative estimate of drug-likeness (QED) is 0.0939. The summed E-state index contributed by atoms with van der Waals surface area (Å²) in [5, 5.41) is 0. The third-order valence-corrected chi connectivity index (χ3v) is 5.57. The molecule has 0 N–H and O–H groups in total. The van der Waals surface area contributed by atoms with Crippen LogP contribution in [0.4, 0.5) is 0 Å². The zero-order valence-corrected chi connectivity index (χ0v) is 24.1. The molecule has 0 aromatic heterocycles. The van der Waals surface area contributed by atoms with Crippen molar-refractivity contribution < 1.29 is 60.9 Å². The normalized spacial score (nSPS) is 14.7. The van der Waals surface area contributed by atoms with Gasteiger partial charge in [0.2, 0.25) is 10.4 Å². The van der Waals surface area contributed by atoms with Gasteiger partial charge < -0.3 is 18.8 Å². The van der Waals surface area contributed by atoms with E-state index in [0.717, 1.165) is 13.0 Å². The summed E-state index contributed by atoms with van der Waals surface area (Å²) < 4.78 is 52.6. The van der Waals surface area contributed by atoms with Crippen molar-refractivity contribution >= 4 is 10.4 Å². The molecule has 0 aromatic carbocycles. The maximum Gasteiger partial charge on any atom is 1.00 e. The van der Waals surface area contributed by atoms with Gasteiger partial charge in [0, 0.05) is 6.61 Å². The molecule has 9 heteroatoms. The number of hydrogen-bond acceptors (Lipinski definition) is 7. The van der Waals surface area contributed by atoms with E-state index in [4.69, 9.17) is 14.2 Å². The van der Waals surface area contributed by atoms with Crippen molar-refractivity contribution in [1.29, 1.82) is 0 Å². The molecule has 32 heavy (non-hydrogen) atoms. The van der Waals surface area contributed by atoms with Gasteiger partial charge in [-0.2, -0.15) is 0 Å². The topological polar surface area (TPSA) is 94.1 Å². The average molecular weight is 491 g/mol. The second-order valence-electron chi connectivity index (χ2n) is 8.57. The second kappa shape index (κ2) is 23.5. The maximum atomic E-state index is 10.5. The molecule has 0 rings (SSSR count). The SMILES string of the molecule is CCCCCCCCCCCCCCOCC(C)OCC(C)OCC(C)OS(=O)(=O)[O-].[Na+]. The van der Waals surface area contributed by atoms with Gasteiger partial charge in [0.05, 0.1) is 38.1 Å². The summed E-state index contributed by atoms with van der Waals surface area (Å²) in [7, 11) is -4.70. The van der Waals surface area contributed by atoms with Crippen molar-refractivity contribution in [3.63, 3.8) is 0 Å². The predicted molar refractivity (Wildman–Crippen MR) is 123 cm³/mol. The van der Waals surface area contributed by atoms with Crippen LogP contribution in [-0.2, 0) is 28.8 Å². The Kier molecular flexibility index (Phi) is 25.6. The molecule has 3 unspecified atom stereocenters. The van der Waals surface area contributed by atoms with Crippen LogP contribution in [0, 0.1) is 0 Å². The predicted octanol–water partition coefficient (Wildman–Crippen LogP) is 2.38. The van der Waals surface area contributed by atoms with E-state index in [0.29, 0.717) is 13.2 Å². The molecule has 0 saturated carbocycles. The van der Waals surface area contributed by atoms with E-state index in [-0.39, 0.29) is 48.4 Å². The van der Waals surface area contributed by atoms with E-state index in [1.165, 1.54) is 77.6 Å². The van der Waals surface area contributed by atoms with Crippen LogP contribution in [-0.4, -0.2) is 57.7 Å². The second-order valence-corrected chi connectivity index (χ2v) is 9.58. The van der Waals surface area contributed by atoms with Crippen molar-refractivity contribution in [2.75, 3.05) is 26.4 Å². The Balaban J connectivity index is 0. The first-order valence-electron chi connectivity index (χ1n) is 12.2. The van der Waals surface area contributed by atoms with Crippen LogP contribution < -0.4 is 29.6 Å². The Bertz CT molecular complexity index is 491. The van der Waals surface area contributed by atoms with Crippen LogP contribution in [0.3, 0.4) is 0 Å². The van der Waals surface area contributed by atoms with Crippen LogP contribution in [0.1, 0.15) is 105 Å². The first-order valence-corrected chi connectivity index (χ1v) is 13.5. The molecule has 0 aliphatic rings. The average Bonchev–Trinajstić information content (AvgIpc) is 2.69. The third-order valence-electron chi connectivity index (χ3n) is 5.01. The molecule has 0 bridgehead atoms. The van der Waals surface area contributed by atoms with E-state index in [1.807, 2.05) is 13.8 Å². The first-order chi connectivity index (χ1) is 14.7. The summed E-state index contributed by atoms with van der Waals surface area (Å²) >= 11 is 0. The van der Waals surface area contributed by atoms with E-state index in [9.17, 15) is 13.0 Å². The van der Waals surface area contributed by atoms with Crippen LogP contribution in [0.25, 0.3) is 0 Å². The molecule has 0 aromatic rings. The largest absolute Gasteiger partial charge is 1.00 e. The summed E-state index contributed by atoms with van der Waals surface area (Å²) in [5.74, 6) is 0. The van der Waals surface area contributed by atoms with Crippen molar-refractivity contribution in [3.05, 3.63) is 0 Å². The fourth-order valence-corrected chi connectivity index (χ4v) is 3.68. The van der Waals surface area contributed by atoms with Crippen molar-refractivity contribution in [1.82, 2.24) is 0 Å². The summed E-state index contributed by atoms with van der Waals surface area (Å²) in [6.45, 7) is 9.17. The molecule has 0 fully saturated rings. The summed E-state index contributed by atoms with van der Waals surface area (Å²) in [6, 6.07) is 0. The Morgan fingerprint density at radius 3 is 1.53 bits per heavy atom. The fourth-order valence-electron chi connectivity index (χ4n) is 3.22. The van der Waals surface area contributed by atoms with Crippen LogP contribution in [0.5, 0.6) is 0 Å². The molecule has 7 nitrogen and oxygen atoms in total. The Morgan fingerprint density at radius 2 is 1.06 bits per heavy atom. The number of ether oxygens (including phenoxy) is 3. The van der Waals surface area contributed by atoms with E-state index < -0.39 is 16.5 Å². The molecule has 0 amide bonds. The van der Waals surface area contributed by atoms with Crippen LogP contribution >= 0.6 is 0 Å². The van der Waals surface area contributed by atoms with Gasteiger partial charge in [-0.05, 0) is 27.2 Å². The Morgan fingerprint density at radius 1 is 0.656 bits per heavy atom. The van der Waals surface area contributed by atoms with Gasteiger partial charge in [0.25, 0.3) is 0 Å². The zero-order chi connectivity index (χ0) is 23.4. The smallest absolute Gasteiger partial charge is 0.726 e. The molecule has 0 saturated heterocycles. The number of hydrogen-bond donors (Lipinski definition) is 0. The first kappa shape index (κ1) is 34.9. The standard InChI is InChI=1S/C23H48O7S.Na/c1-5-6-7-8-9-10-11-12-13-14-15-16-17-27-18-21(2)28-19-22(3)29-20-23(4)30-31(24,25)26;/h21-23H,5-20H2,1-4H3,(H,24,25,26);/q;+1/p-1. The fraction of sp³-hybridized carbons (Fsp3) is 1.00. The molecular formula is C23H47NaO7S. The molecule has 0 heterocycles. The molecule has 0 spiro atoms. The Labute approximate surface area is 219 Å². The minimum atomic E-state index is -4.70. The van der Waals surface area contributed by atoms with E-state index in [1.54, 1.807) is 0 Å². The van der Waals surface area contributed by atoms with Gasteiger partial charge in [0.15, 0.2) is 0 Å². The molecule has 0 radical (unpaired) electrons.